The molecule has 2 rings (SSSR count). The molecule has 0 unspecified atom stereocenters. The molecular weight excluding hydrogens is 288 g/mol. The van der Waals surface area contributed by atoms with Crippen molar-refractivity contribution in [1.29, 1.82) is 0 Å². The maximum atomic E-state index is 12.5. The van der Waals surface area contributed by atoms with Gasteiger partial charge in [0.2, 0.25) is 5.91 Å². The Kier molecular flexibility index (Phi) is 5.80. The predicted octanol–water partition coefficient (Wildman–Crippen LogP) is 3.01. The Morgan fingerprint density at radius 2 is 1.65 bits per heavy atom. The number of rotatable bonds is 4. The molecule has 2 amide bonds. The summed E-state index contributed by atoms with van der Waals surface area (Å²) in [5, 5.41) is 3.09. The van der Waals surface area contributed by atoms with Gasteiger partial charge in [-0.1, -0.05) is 31.5 Å². The van der Waals surface area contributed by atoms with Gasteiger partial charge in [0.25, 0.3) is 5.91 Å². The van der Waals surface area contributed by atoms with Crippen molar-refractivity contribution in [3.05, 3.63) is 35.4 Å². The highest BCUT2D eigenvalue weighted by atomic mass is 16.2. The molecule has 0 bridgehead atoms. The molecule has 0 aliphatic carbocycles. The zero-order chi connectivity index (χ0) is 17.0. The van der Waals surface area contributed by atoms with Gasteiger partial charge in [0.05, 0.1) is 0 Å². The van der Waals surface area contributed by atoms with Crippen molar-refractivity contribution in [2.75, 3.05) is 13.1 Å². The van der Waals surface area contributed by atoms with Gasteiger partial charge in [-0.15, -0.1) is 0 Å². The summed E-state index contributed by atoms with van der Waals surface area (Å²) in [5.74, 6) is 0.661. The number of amides is 2. The van der Waals surface area contributed by atoms with Gasteiger partial charge < -0.3 is 10.2 Å². The largest absolute Gasteiger partial charge is 0.353 e. The Morgan fingerprint density at radius 1 is 1.09 bits per heavy atom. The van der Waals surface area contributed by atoms with Crippen molar-refractivity contribution in [2.24, 2.45) is 11.8 Å². The van der Waals surface area contributed by atoms with Gasteiger partial charge in [-0.05, 0) is 44.7 Å². The molecule has 4 heteroatoms. The van der Waals surface area contributed by atoms with E-state index in [1.807, 2.05) is 43.0 Å². The minimum atomic E-state index is 0.0262. The third-order valence-electron chi connectivity index (χ3n) is 4.82. The molecule has 1 heterocycles. The number of likely N-dealkylation sites (tertiary alicyclic amines) is 1. The summed E-state index contributed by atoms with van der Waals surface area (Å²) >= 11 is 0. The minimum absolute atomic E-state index is 0.0262. The summed E-state index contributed by atoms with van der Waals surface area (Å²) in [7, 11) is 0. The number of carbonyl (C=O) groups is 2. The molecule has 1 aliphatic heterocycles. The van der Waals surface area contributed by atoms with Crippen LogP contribution >= 0.6 is 0 Å². The van der Waals surface area contributed by atoms with E-state index in [0.717, 1.165) is 24.0 Å². The van der Waals surface area contributed by atoms with Crippen LogP contribution in [0.25, 0.3) is 0 Å². The maximum Gasteiger partial charge on any atom is 0.253 e. The SMILES string of the molecule is Cc1ccc(C(=O)N2CCC(C(=O)N[C@@H](C)C(C)C)CC2)cc1. The average molecular weight is 316 g/mol. The first kappa shape index (κ1) is 17.5. The molecule has 126 valence electrons. The molecular formula is C19H28N2O2. The summed E-state index contributed by atoms with van der Waals surface area (Å²) in [4.78, 5) is 26.6. The first-order chi connectivity index (χ1) is 10.9. The van der Waals surface area contributed by atoms with Crippen LogP contribution in [0.2, 0.25) is 0 Å². The normalized spacial score (nSPS) is 17.2. The molecule has 0 saturated carbocycles. The molecule has 1 aromatic carbocycles. The molecule has 4 nitrogen and oxygen atoms in total. The van der Waals surface area contributed by atoms with Gasteiger partial charge in [-0.25, -0.2) is 0 Å². The number of carbonyl (C=O) groups excluding carboxylic acids is 2. The molecule has 1 aromatic rings. The van der Waals surface area contributed by atoms with Gasteiger partial charge in [0.15, 0.2) is 0 Å². The number of aryl methyl sites for hydroxylation is 1. The summed E-state index contributed by atoms with van der Waals surface area (Å²) in [6.07, 6.45) is 1.49. The number of hydrogen-bond acceptors (Lipinski definition) is 2. The molecule has 0 spiro atoms. The highest BCUT2D eigenvalue weighted by Gasteiger charge is 2.28. The van der Waals surface area contributed by atoms with E-state index in [0.29, 0.717) is 19.0 Å². The Labute approximate surface area is 139 Å². The van der Waals surface area contributed by atoms with E-state index in [-0.39, 0.29) is 23.8 Å². The minimum Gasteiger partial charge on any atom is -0.353 e. The second kappa shape index (κ2) is 7.62. The molecule has 23 heavy (non-hydrogen) atoms. The van der Waals surface area contributed by atoms with Crippen molar-refractivity contribution in [1.82, 2.24) is 10.2 Å². The van der Waals surface area contributed by atoms with E-state index in [4.69, 9.17) is 0 Å². The number of hydrogen-bond donors (Lipinski definition) is 1. The Hall–Kier alpha value is -1.84. The number of nitrogens with one attached hydrogen (secondary N) is 1. The lowest BCUT2D eigenvalue weighted by molar-refractivity contribution is -0.127. The summed E-state index contributed by atoms with van der Waals surface area (Å²) in [6.45, 7) is 9.57. The monoisotopic (exact) mass is 316 g/mol. The van der Waals surface area contributed by atoms with Crippen LogP contribution in [0, 0.1) is 18.8 Å². The Bertz CT molecular complexity index is 543. The van der Waals surface area contributed by atoms with Gasteiger partial charge in [-0.2, -0.15) is 0 Å². The lowest BCUT2D eigenvalue weighted by atomic mass is 9.94. The van der Waals surface area contributed by atoms with E-state index in [1.165, 1.54) is 0 Å². The predicted molar refractivity (Wildman–Crippen MR) is 92.2 cm³/mol. The first-order valence-electron chi connectivity index (χ1n) is 8.54. The molecule has 1 aliphatic rings. The van der Waals surface area contributed by atoms with E-state index in [2.05, 4.69) is 19.2 Å². The van der Waals surface area contributed by atoms with Gasteiger partial charge in [0.1, 0.15) is 0 Å². The lowest BCUT2D eigenvalue weighted by Gasteiger charge is -2.32. The zero-order valence-corrected chi connectivity index (χ0v) is 14.6. The van der Waals surface area contributed by atoms with Crippen molar-refractivity contribution in [2.45, 2.75) is 46.6 Å². The van der Waals surface area contributed by atoms with Crippen LogP contribution in [0.15, 0.2) is 24.3 Å². The molecule has 1 fully saturated rings. The molecule has 1 N–H and O–H groups in total. The van der Waals surface area contributed by atoms with E-state index in [9.17, 15) is 9.59 Å². The summed E-state index contributed by atoms with van der Waals surface area (Å²) < 4.78 is 0. The fraction of sp³-hybridized carbons (Fsp3) is 0.579. The van der Waals surface area contributed by atoms with E-state index >= 15 is 0 Å². The summed E-state index contributed by atoms with van der Waals surface area (Å²) in [6, 6.07) is 7.86. The highest BCUT2D eigenvalue weighted by Crippen LogP contribution is 2.20. The zero-order valence-electron chi connectivity index (χ0n) is 14.6. The number of benzene rings is 1. The van der Waals surface area contributed by atoms with Crippen LogP contribution in [0.3, 0.4) is 0 Å². The Morgan fingerprint density at radius 3 is 2.17 bits per heavy atom. The van der Waals surface area contributed by atoms with E-state index < -0.39 is 0 Å². The average Bonchev–Trinajstić information content (AvgIpc) is 2.55. The molecule has 1 atom stereocenters. The van der Waals surface area contributed by atoms with E-state index in [1.54, 1.807) is 0 Å². The van der Waals surface area contributed by atoms with Crippen molar-refractivity contribution >= 4 is 11.8 Å². The third-order valence-corrected chi connectivity index (χ3v) is 4.82. The van der Waals surface area contributed by atoms with Crippen LogP contribution in [0.1, 0.15) is 49.5 Å². The fourth-order valence-corrected chi connectivity index (χ4v) is 2.73. The van der Waals surface area contributed by atoms with Crippen LogP contribution in [-0.2, 0) is 4.79 Å². The number of nitrogens with zero attached hydrogens (tertiary/aromatic N) is 1. The van der Waals surface area contributed by atoms with Crippen molar-refractivity contribution in [3.63, 3.8) is 0 Å². The third kappa shape index (κ3) is 4.57. The van der Waals surface area contributed by atoms with Crippen LogP contribution in [-0.4, -0.2) is 35.8 Å². The summed E-state index contributed by atoms with van der Waals surface area (Å²) in [5.41, 5.74) is 1.88. The molecule has 0 aromatic heterocycles. The van der Waals surface area contributed by atoms with Crippen molar-refractivity contribution < 1.29 is 9.59 Å². The van der Waals surface area contributed by atoms with Crippen LogP contribution in [0.4, 0.5) is 0 Å². The fourth-order valence-electron chi connectivity index (χ4n) is 2.73. The maximum absolute atomic E-state index is 12.5. The first-order valence-corrected chi connectivity index (χ1v) is 8.54. The quantitative estimate of drug-likeness (QED) is 0.928. The topological polar surface area (TPSA) is 49.4 Å². The van der Waals surface area contributed by atoms with Crippen molar-refractivity contribution in [3.8, 4) is 0 Å². The highest BCUT2D eigenvalue weighted by molar-refractivity contribution is 5.94. The Balaban J connectivity index is 1.87. The van der Waals surface area contributed by atoms with Crippen LogP contribution < -0.4 is 5.32 Å². The molecule has 0 radical (unpaired) electrons. The smallest absolute Gasteiger partial charge is 0.253 e. The van der Waals surface area contributed by atoms with Crippen LogP contribution in [0.5, 0.6) is 0 Å². The van der Waals surface area contributed by atoms with Gasteiger partial charge in [0, 0.05) is 30.6 Å². The lowest BCUT2D eigenvalue weighted by Crippen LogP contribution is -2.45. The second-order valence-electron chi connectivity index (χ2n) is 6.97. The molecule has 1 saturated heterocycles. The van der Waals surface area contributed by atoms with Gasteiger partial charge in [-0.3, -0.25) is 9.59 Å². The number of piperidine rings is 1. The second-order valence-corrected chi connectivity index (χ2v) is 6.97. The standard InChI is InChI=1S/C19H28N2O2/c1-13(2)15(4)20-18(22)16-9-11-21(12-10-16)19(23)17-7-5-14(3)6-8-17/h5-8,13,15-16H,9-12H2,1-4H3,(H,20,22)/t15-/m0/s1. The van der Waals surface area contributed by atoms with Gasteiger partial charge >= 0.3 is 0 Å².